The number of carbonyl (C=O) groups excluding carboxylic acids is 2. The van der Waals surface area contributed by atoms with E-state index < -0.39 is 23.3 Å². The van der Waals surface area contributed by atoms with Gasteiger partial charge in [0.1, 0.15) is 0 Å². The van der Waals surface area contributed by atoms with Gasteiger partial charge in [-0.1, -0.05) is 6.58 Å². The Labute approximate surface area is 94.4 Å². The van der Waals surface area contributed by atoms with Crippen LogP contribution in [-0.4, -0.2) is 29.9 Å². The minimum atomic E-state index is -1.41. The molecule has 1 saturated heterocycles. The van der Waals surface area contributed by atoms with Crippen LogP contribution < -0.4 is 0 Å². The predicted octanol–water partition coefficient (Wildman–Crippen LogP) is 1.17. The predicted molar refractivity (Wildman–Crippen MR) is 55.4 cm³/mol. The van der Waals surface area contributed by atoms with Crippen LogP contribution >= 0.6 is 0 Å². The molecular formula is C11H16O5. The van der Waals surface area contributed by atoms with Gasteiger partial charge in [-0.25, -0.2) is 4.79 Å². The maximum atomic E-state index is 11.4. The molecule has 1 heterocycles. The lowest BCUT2D eigenvalue weighted by atomic mass is 10.0. The summed E-state index contributed by atoms with van der Waals surface area (Å²) < 4.78 is 15.3. The third-order valence-corrected chi connectivity index (χ3v) is 2.51. The molecule has 1 rings (SSSR count). The highest BCUT2D eigenvalue weighted by molar-refractivity contribution is 5.87. The van der Waals surface area contributed by atoms with Crippen LogP contribution in [0.2, 0.25) is 0 Å². The van der Waals surface area contributed by atoms with Crippen LogP contribution in [0.1, 0.15) is 27.7 Å². The molecule has 90 valence electrons. The first-order chi connectivity index (χ1) is 7.20. The summed E-state index contributed by atoms with van der Waals surface area (Å²) in [6, 6.07) is 0. The minimum Gasteiger partial charge on any atom is -0.420 e. The lowest BCUT2D eigenvalue weighted by Gasteiger charge is -2.32. The first kappa shape index (κ1) is 12.7. The van der Waals surface area contributed by atoms with Crippen LogP contribution in [0.4, 0.5) is 0 Å². The van der Waals surface area contributed by atoms with Gasteiger partial charge in [0, 0.05) is 19.4 Å². The highest BCUT2D eigenvalue weighted by Gasteiger charge is 2.61. The smallest absolute Gasteiger partial charge is 0.336 e. The van der Waals surface area contributed by atoms with E-state index in [9.17, 15) is 9.59 Å². The second-order valence-electron chi connectivity index (χ2n) is 4.23. The van der Waals surface area contributed by atoms with Crippen LogP contribution in [0.15, 0.2) is 12.2 Å². The Morgan fingerprint density at radius 3 is 2.19 bits per heavy atom. The fraction of sp³-hybridized carbons (Fsp3) is 0.636. The van der Waals surface area contributed by atoms with Crippen LogP contribution in [0.25, 0.3) is 0 Å². The van der Waals surface area contributed by atoms with Gasteiger partial charge in [0.05, 0.1) is 6.61 Å². The number of epoxide rings is 1. The lowest BCUT2D eigenvalue weighted by Crippen LogP contribution is -2.48. The topological polar surface area (TPSA) is 65.1 Å². The summed E-state index contributed by atoms with van der Waals surface area (Å²) in [5, 5.41) is 0. The Morgan fingerprint density at radius 1 is 1.38 bits per heavy atom. The zero-order valence-electron chi connectivity index (χ0n) is 9.96. The average molecular weight is 228 g/mol. The molecule has 2 atom stereocenters. The molecule has 5 heteroatoms. The van der Waals surface area contributed by atoms with Gasteiger partial charge >= 0.3 is 11.9 Å². The van der Waals surface area contributed by atoms with Crippen molar-refractivity contribution in [3.8, 4) is 0 Å². The van der Waals surface area contributed by atoms with Gasteiger partial charge in [-0.05, 0) is 13.8 Å². The van der Waals surface area contributed by atoms with E-state index in [0.717, 1.165) is 0 Å². The summed E-state index contributed by atoms with van der Waals surface area (Å²) in [5.74, 6) is -2.55. The summed E-state index contributed by atoms with van der Waals surface area (Å²) in [7, 11) is 0. The number of carbonyl (C=O) groups is 2. The molecule has 0 bridgehead atoms. The fourth-order valence-electron chi connectivity index (χ4n) is 1.15. The summed E-state index contributed by atoms with van der Waals surface area (Å²) in [6.45, 7) is 9.82. The molecule has 1 aliphatic rings. The third kappa shape index (κ3) is 2.41. The molecule has 16 heavy (non-hydrogen) atoms. The zero-order chi connectivity index (χ0) is 12.6. The molecule has 0 aromatic rings. The van der Waals surface area contributed by atoms with Gasteiger partial charge in [0.15, 0.2) is 5.60 Å². The standard InChI is InChI=1S/C11H16O5/c1-7(2)9(13)16-11(5,15-8(3)12)10(4)6-14-10/h1,6H2,2-5H3. The van der Waals surface area contributed by atoms with Crippen LogP contribution in [-0.2, 0) is 23.8 Å². The van der Waals surface area contributed by atoms with Crippen molar-refractivity contribution >= 4 is 11.9 Å². The number of ether oxygens (including phenoxy) is 3. The van der Waals surface area contributed by atoms with E-state index in [0.29, 0.717) is 6.61 Å². The zero-order valence-corrected chi connectivity index (χ0v) is 9.96. The maximum absolute atomic E-state index is 11.4. The molecule has 0 spiro atoms. The molecule has 0 radical (unpaired) electrons. The van der Waals surface area contributed by atoms with Crippen molar-refractivity contribution < 1.29 is 23.8 Å². The number of hydrogen-bond donors (Lipinski definition) is 0. The molecule has 0 aromatic heterocycles. The Bertz CT molecular complexity index is 342. The molecule has 1 fully saturated rings. The summed E-state index contributed by atoms with van der Waals surface area (Å²) >= 11 is 0. The molecule has 5 nitrogen and oxygen atoms in total. The van der Waals surface area contributed by atoms with E-state index in [4.69, 9.17) is 14.2 Å². The van der Waals surface area contributed by atoms with Crippen LogP contribution in [0.3, 0.4) is 0 Å². The van der Waals surface area contributed by atoms with E-state index in [1.165, 1.54) is 20.8 Å². The molecule has 1 aliphatic heterocycles. The third-order valence-electron chi connectivity index (χ3n) is 2.51. The second-order valence-corrected chi connectivity index (χ2v) is 4.23. The van der Waals surface area contributed by atoms with Gasteiger partial charge in [-0.2, -0.15) is 0 Å². The number of rotatable bonds is 4. The highest BCUT2D eigenvalue weighted by atomic mass is 16.8. The van der Waals surface area contributed by atoms with Crippen molar-refractivity contribution in [2.45, 2.75) is 39.1 Å². The van der Waals surface area contributed by atoms with Crippen molar-refractivity contribution in [1.29, 1.82) is 0 Å². The quantitative estimate of drug-likeness (QED) is 0.313. The Hall–Kier alpha value is -1.36. The van der Waals surface area contributed by atoms with E-state index in [2.05, 4.69) is 6.58 Å². The van der Waals surface area contributed by atoms with Crippen molar-refractivity contribution in [3.63, 3.8) is 0 Å². The molecule has 2 unspecified atom stereocenters. The number of esters is 2. The van der Waals surface area contributed by atoms with Crippen molar-refractivity contribution in [2.75, 3.05) is 6.61 Å². The van der Waals surface area contributed by atoms with Crippen molar-refractivity contribution in [1.82, 2.24) is 0 Å². The second kappa shape index (κ2) is 3.90. The summed E-state index contributed by atoms with van der Waals surface area (Å²) in [6.07, 6.45) is 0. The Balaban J connectivity index is 2.83. The van der Waals surface area contributed by atoms with Gasteiger partial charge < -0.3 is 14.2 Å². The maximum Gasteiger partial charge on any atom is 0.336 e. The van der Waals surface area contributed by atoms with Gasteiger partial charge in [-0.15, -0.1) is 0 Å². The minimum absolute atomic E-state index is 0.239. The first-order valence-corrected chi connectivity index (χ1v) is 4.92. The van der Waals surface area contributed by atoms with Gasteiger partial charge in [0.2, 0.25) is 0 Å². The fourth-order valence-corrected chi connectivity index (χ4v) is 1.15. The van der Waals surface area contributed by atoms with E-state index in [-0.39, 0.29) is 5.57 Å². The van der Waals surface area contributed by atoms with Gasteiger partial charge in [-0.3, -0.25) is 4.79 Å². The van der Waals surface area contributed by atoms with E-state index in [1.807, 2.05) is 0 Å². The van der Waals surface area contributed by atoms with Gasteiger partial charge in [0.25, 0.3) is 5.79 Å². The highest BCUT2D eigenvalue weighted by Crippen LogP contribution is 2.41. The Morgan fingerprint density at radius 2 is 1.88 bits per heavy atom. The molecule has 0 aliphatic carbocycles. The normalized spacial score (nSPS) is 26.5. The Kier molecular flexibility index (Phi) is 3.10. The SMILES string of the molecule is C=C(C)C(=O)OC(C)(OC(C)=O)C1(C)CO1. The lowest BCUT2D eigenvalue weighted by molar-refractivity contribution is -0.238. The monoisotopic (exact) mass is 228 g/mol. The van der Waals surface area contributed by atoms with Crippen molar-refractivity contribution in [3.05, 3.63) is 12.2 Å². The van der Waals surface area contributed by atoms with Crippen LogP contribution in [0.5, 0.6) is 0 Å². The summed E-state index contributed by atoms with van der Waals surface area (Å²) in [5.41, 5.74) is -0.535. The summed E-state index contributed by atoms with van der Waals surface area (Å²) in [4.78, 5) is 22.4. The van der Waals surface area contributed by atoms with E-state index in [1.54, 1.807) is 6.92 Å². The molecule has 0 amide bonds. The average Bonchev–Trinajstić information content (AvgIpc) is 2.83. The number of hydrogen-bond acceptors (Lipinski definition) is 5. The van der Waals surface area contributed by atoms with Crippen molar-refractivity contribution in [2.24, 2.45) is 0 Å². The van der Waals surface area contributed by atoms with E-state index >= 15 is 0 Å². The molecule has 0 N–H and O–H groups in total. The first-order valence-electron chi connectivity index (χ1n) is 4.92. The largest absolute Gasteiger partial charge is 0.420 e. The molecule has 0 saturated carbocycles. The molecular weight excluding hydrogens is 212 g/mol. The molecule has 0 aromatic carbocycles. The van der Waals surface area contributed by atoms with Crippen LogP contribution in [0, 0.1) is 0 Å².